The monoisotopic (exact) mass is 642 g/mol. The number of aromatic hydroxyl groups is 1. The largest absolute Gasteiger partial charge is 0.508 e. The van der Waals surface area contributed by atoms with Gasteiger partial charge in [-0.1, -0.05) is 87.8 Å². The molecule has 0 radical (unpaired) electrons. The molecule has 1 N–H and O–H groups in total. The van der Waals surface area contributed by atoms with E-state index in [1.807, 2.05) is 83.1 Å². The molecule has 0 spiro atoms. The van der Waals surface area contributed by atoms with Crippen molar-refractivity contribution < 1.29 is 24.2 Å². The molecule has 1 atom stereocenters. The molecule has 1 unspecified atom stereocenters. The molecule has 4 rings (SSSR count). The van der Waals surface area contributed by atoms with E-state index in [1.54, 1.807) is 32.9 Å². The summed E-state index contributed by atoms with van der Waals surface area (Å²) in [7, 11) is 0. The van der Waals surface area contributed by atoms with E-state index in [9.17, 15) is 14.7 Å². The Bertz CT molecular complexity index is 1480. The highest BCUT2D eigenvalue weighted by molar-refractivity contribution is 9.10. The summed E-state index contributed by atoms with van der Waals surface area (Å²) < 4.78 is 12.1. The Morgan fingerprint density at radius 3 is 1.90 bits per heavy atom. The maximum Gasteiger partial charge on any atom is 0.226 e. The van der Waals surface area contributed by atoms with Crippen LogP contribution in [0.3, 0.4) is 0 Å². The highest BCUT2D eigenvalue weighted by Gasteiger charge is 2.22. The molecule has 0 aromatic heterocycles. The Balaban J connectivity index is 0.000000235. The van der Waals surface area contributed by atoms with Gasteiger partial charge in [-0.05, 0) is 89.5 Å². The molecule has 0 aliphatic heterocycles. The number of phenols is 1. The van der Waals surface area contributed by atoms with Crippen molar-refractivity contribution in [2.75, 3.05) is 6.61 Å². The lowest BCUT2D eigenvalue weighted by molar-refractivity contribution is -0.118. The first-order chi connectivity index (χ1) is 19.0. The van der Waals surface area contributed by atoms with Crippen molar-refractivity contribution in [2.45, 2.75) is 61.7 Å². The molecule has 0 amide bonds. The highest BCUT2D eigenvalue weighted by Crippen LogP contribution is 2.26. The van der Waals surface area contributed by atoms with E-state index in [0.717, 1.165) is 31.9 Å². The summed E-state index contributed by atoms with van der Waals surface area (Å²) in [4.78, 5) is 22.4. The van der Waals surface area contributed by atoms with E-state index >= 15 is 0 Å². The van der Waals surface area contributed by atoms with Gasteiger partial charge in [0.05, 0.1) is 0 Å². The molecule has 220 valence electrons. The first-order valence-electron chi connectivity index (χ1n) is 13.5. The van der Waals surface area contributed by atoms with E-state index in [4.69, 9.17) is 21.1 Å². The SMILES string of the molecule is CC(C)(C)C(=O)Cl.CC(C)(C)C(=O)c1ccc2cc(O)ccc2c1.CCOC(C)Oc1ccc2cc(Br)ccc2c1. The number of Topliss-reactive ketones (excluding diaryl/α,β-unsaturated/α-hetero) is 1. The average molecular weight is 644 g/mol. The summed E-state index contributed by atoms with van der Waals surface area (Å²) in [6, 6.07) is 22.9. The van der Waals surface area contributed by atoms with Crippen molar-refractivity contribution in [3.05, 3.63) is 82.8 Å². The van der Waals surface area contributed by atoms with Crippen LogP contribution in [0, 0.1) is 10.8 Å². The van der Waals surface area contributed by atoms with E-state index in [-0.39, 0.29) is 33.9 Å². The molecule has 4 aromatic carbocycles. The fourth-order valence-corrected chi connectivity index (χ4v) is 3.91. The molecular formula is C34H40BrClO5. The van der Waals surface area contributed by atoms with Crippen LogP contribution in [0.1, 0.15) is 65.7 Å². The zero-order valence-corrected chi connectivity index (χ0v) is 27.4. The fourth-order valence-electron chi connectivity index (χ4n) is 3.54. The van der Waals surface area contributed by atoms with Crippen LogP contribution in [0.4, 0.5) is 0 Å². The van der Waals surface area contributed by atoms with Gasteiger partial charge in [-0.15, -0.1) is 0 Å². The van der Waals surface area contributed by atoms with E-state index in [0.29, 0.717) is 6.61 Å². The van der Waals surface area contributed by atoms with Gasteiger partial charge in [0.2, 0.25) is 5.24 Å². The molecule has 5 nitrogen and oxygen atoms in total. The number of ketones is 1. The molecule has 41 heavy (non-hydrogen) atoms. The quantitative estimate of drug-likeness (QED) is 0.133. The van der Waals surface area contributed by atoms with Gasteiger partial charge in [0.25, 0.3) is 0 Å². The highest BCUT2D eigenvalue weighted by atomic mass is 79.9. The number of rotatable bonds is 5. The van der Waals surface area contributed by atoms with Gasteiger partial charge in [-0.2, -0.15) is 0 Å². The fraction of sp³-hybridized carbons (Fsp3) is 0.353. The van der Waals surface area contributed by atoms with Crippen molar-refractivity contribution in [3.63, 3.8) is 0 Å². The summed E-state index contributed by atoms with van der Waals surface area (Å²) in [5, 5.41) is 13.3. The van der Waals surface area contributed by atoms with Gasteiger partial charge in [0.15, 0.2) is 12.1 Å². The first-order valence-corrected chi connectivity index (χ1v) is 14.6. The number of carbonyl (C=O) groups excluding carboxylic acids is 2. The molecule has 0 fully saturated rings. The summed E-state index contributed by atoms with van der Waals surface area (Å²) in [5.74, 6) is 1.21. The van der Waals surface area contributed by atoms with E-state index < -0.39 is 0 Å². The molecule has 0 saturated heterocycles. The first kappa shape index (κ1) is 34.3. The second kappa shape index (κ2) is 14.8. The Morgan fingerprint density at radius 2 is 1.32 bits per heavy atom. The zero-order chi connectivity index (χ0) is 31.0. The number of carbonyl (C=O) groups is 2. The van der Waals surface area contributed by atoms with Crippen molar-refractivity contribution in [3.8, 4) is 11.5 Å². The van der Waals surface area contributed by atoms with Gasteiger partial charge in [-0.3, -0.25) is 9.59 Å². The Labute approximate surface area is 256 Å². The lowest BCUT2D eigenvalue weighted by Crippen LogP contribution is -2.19. The summed E-state index contributed by atoms with van der Waals surface area (Å²) >= 11 is 8.58. The standard InChI is InChI=1S/C15H16O2.C14H15BrO2.C5H9ClO/c1-15(2,3)14(17)12-5-4-11-9-13(16)7-6-10(11)8-12;1-3-16-10(2)17-14-7-5-11-8-13(15)6-4-12(11)9-14;1-5(2,3)4(6)7/h4-9,16H,1-3H3;4-10H,3H2,1-2H3;1-3H3. The molecule has 0 aliphatic carbocycles. The summed E-state index contributed by atoms with van der Waals surface area (Å²) in [6.45, 7) is 15.6. The van der Waals surface area contributed by atoms with Crippen LogP contribution in [0.5, 0.6) is 11.5 Å². The number of ether oxygens (including phenoxy) is 2. The minimum atomic E-state index is -0.373. The molecule has 0 saturated carbocycles. The molecule has 0 aliphatic rings. The minimum Gasteiger partial charge on any atom is -0.508 e. The maximum atomic E-state index is 12.1. The van der Waals surface area contributed by atoms with Crippen LogP contribution < -0.4 is 4.74 Å². The van der Waals surface area contributed by atoms with Crippen molar-refractivity contribution in [1.29, 1.82) is 0 Å². The number of halogens is 2. The number of hydrogen-bond acceptors (Lipinski definition) is 5. The van der Waals surface area contributed by atoms with Crippen molar-refractivity contribution in [2.24, 2.45) is 10.8 Å². The molecule has 0 bridgehead atoms. The molecule has 4 aromatic rings. The Hall–Kier alpha value is -2.93. The van der Waals surface area contributed by atoms with Gasteiger partial charge in [0.1, 0.15) is 11.5 Å². The van der Waals surface area contributed by atoms with Crippen LogP contribution in [-0.4, -0.2) is 29.0 Å². The molecule has 7 heteroatoms. The topological polar surface area (TPSA) is 72.8 Å². The smallest absolute Gasteiger partial charge is 0.226 e. The van der Waals surface area contributed by atoms with Crippen LogP contribution in [0.15, 0.2) is 77.3 Å². The lowest BCUT2D eigenvalue weighted by Gasteiger charge is -2.16. The van der Waals surface area contributed by atoms with Crippen LogP contribution in [0.2, 0.25) is 0 Å². The Kier molecular flexibility index (Phi) is 12.4. The lowest BCUT2D eigenvalue weighted by atomic mass is 9.86. The van der Waals surface area contributed by atoms with Crippen LogP contribution >= 0.6 is 27.5 Å². The van der Waals surface area contributed by atoms with Crippen molar-refractivity contribution in [1.82, 2.24) is 0 Å². The maximum absolute atomic E-state index is 12.1. The second-order valence-corrected chi connectivity index (χ2v) is 12.9. The van der Waals surface area contributed by atoms with E-state index in [1.165, 1.54) is 5.39 Å². The van der Waals surface area contributed by atoms with Gasteiger partial charge >= 0.3 is 0 Å². The minimum absolute atomic E-state index is 0.132. The van der Waals surface area contributed by atoms with Crippen LogP contribution in [-0.2, 0) is 9.53 Å². The van der Waals surface area contributed by atoms with Gasteiger partial charge in [-0.25, -0.2) is 0 Å². The zero-order valence-electron chi connectivity index (χ0n) is 25.0. The third-order valence-corrected chi connectivity index (χ3v) is 6.89. The second-order valence-electron chi connectivity index (χ2n) is 11.6. The van der Waals surface area contributed by atoms with Gasteiger partial charge < -0.3 is 14.6 Å². The number of phenolic OH excluding ortho intramolecular Hbond substituents is 1. The van der Waals surface area contributed by atoms with Gasteiger partial charge in [0, 0.05) is 27.5 Å². The third-order valence-electron chi connectivity index (χ3n) is 5.83. The van der Waals surface area contributed by atoms with Crippen LogP contribution in [0.25, 0.3) is 21.5 Å². The summed E-state index contributed by atoms with van der Waals surface area (Å²) in [5.41, 5.74) is -0.0257. The average Bonchev–Trinajstić information content (AvgIpc) is 2.88. The normalized spacial score (nSPS) is 12.0. The number of fused-ring (bicyclic) bond motifs is 2. The van der Waals surface area contributed by atoms with Crippen molar-refractivity contribution >= 4 is 60.1 Å². The van der Waals surface area contributed by atoms with E-state index in [2.05, 4.69) is 28.1 Å². The summed E-state index contributed by atoms with van der Waals surface area (Å²) in [6.07, 6.45) is -0.215. The third kappa shape index (κ3) is 11.1. The number of benzene rings is 4. The molecular weight excluding hydrogens is 604 g/mol. The Morgan fingerprint density at radius 1 is 0.805 bits per heavy atom. The predicted molar refractivity (Wildman–Crippen MR) is 173 cm³/mol. The molecule has 0 heterocycles. The number of hydrogen-bond donors (Lipinski definition) is 1. The predicted octanol–water partition coefficient (Wildman–Crippen LogP) is 9.94.